The number of aromatic nitrogens is 2. The molecule has 0 radical (unpaired) electrons. The first-order valence-corrected chi connectivity index (χ1v) is 9.27. The number of fused-ring (bicyclic) bond motifs is 1. The van der Waals surface area contributed by atoms with Crippen LogP contribution in [0.2, 0.25) is 0 Å². The van der Waals surface area contributed by atoms with E-state index in [-0.39, 0.29) is 17.5 Å². The van der Waals surface area contributed by atoms with Crippen molar-refractivity contribution < 1.29 is 4.79 Å². The van der Waals surface area contributed by atoms with E-state index in [9.17, 15) is 9.59 Å². The summed E-state index contributed by atoms with van der Waals surface area (Å²) in [6.45, 7) is 3.88. The maximum absolute atomic E-state index is 12.7. The fraction of sp³-hybridized carbons (Fsp3) is 0.389. The largest absolute Gasteiger partial charge is 0.309 e. The number of H-pyrrole nitrogens is 1. The second-order valence-corrected chi connectivity index (χ2v) is 6.88. The zero-order valence-corrected chi connectivity index (χ0v) is 14.9. The van der Waals surface area contributed by atoms with Crippen molar-refractivity contribution in [2.45, 2.75) is 44.3 Å². The van der Waals surface area contributed by atoms with Crippen molar-refractivity contribution in [3.63, 3.8) is 0 Å². The Balaban J connectivity index is 1.76. The fourth-order valence-corrected chi connectivity index (χ4v) is 3.70. The lowest BCUT2D eigenvalue weighted by atomic mass is 10.1. The number of anilines is 1. The molecule has 5 nitrogen and oxygen atoms in total. The molecule has 0 saturated heterocycles. The highest BCUT2D eigenvalue weighted by atomic mass is 32.2. The van der Waals surface area contributed by atoms with E-state index in [4.69, 9.17) is 0 Å². The Bertz CT molecular complexity index is 831. The Morgan fingerprint density at radius 3 is 2.88 bits per heavy atom. The van der Waals surface area contributed by atoms with Gasteiger partial charge in [0.1, 0.15) is 0 Å². The number of amides is 1. The second-order valence-electron chi connectivity index (χ2n) is 6.08. The van der Waals surface area contributed by atoms with Gasteiger partial charge in [-0.05, 0) is 44.6 Å². The quantitative estimate of drug-likeness (QED) is 0.685. The highest BCUT2D eigenvalue weighted by Gasteiger charge is 2.30. The van der Waals surface area contributed by atoms with Crippen LogP contribution in [0.4, 0.5) is 5.69 Å². The van der Waals surface area contributed by atoms with Gasteiger partial charge >= 0.3 is 0 Å². The summed E-state index contributed by atoms with van der Waals surface area (Å²) in [7, 11) is 0. The molecule has 1 aromatic heterocycles. The van der Waals surface area contributed by atoms with Gasteiger partial charge in [0, 0.05) is 29.4 Å². The highest BCUT2D eigenvalue weighted by Crippen LogP contribution is 2.32. The van der Waals surface area contributed by atoms with E-state index in [0.717, 1.165) is 12.1 Å². The normalized spacial score (nSPS) is 16.3. The lowest BCUT2D eigenvalue weighted by Crippen LogP contribution is -2.36. The lowest BCUT2D eigenvalue weighted by Gasteiger charge is -2.22. The molecule has 0 spiro atoms. The maximum atomic E-state index is 12.7. The Morgan fingerprint density at radius 1 is 1.42 bits per heavy atom. The van der Waals surface area contributed by atoms with Crippen LogP contribution in [0.1, 0.15) is 30.2 Å². The maximum Gasteiger partial charge on any atom is 0.254 e. The van der Waals surface area contributed by atoms with Crippen LogP contribution in [0.15, 0.2) is 34.2 Å². The number of aryl methyl sites for hydroxylation is 1. The third kappa shape index (κ3) is 3.11. The third-order valence-electron chi connectivity index (χ3n) is 4.46. The predicted molar refractivity (Wildman–Crippen MR) is 96.8 cm³/mol. The topological polar surface area (TPSA) is 66.1 Å². The van der Waals surface area contributed by atoms with Gasteiger partial charge in [-0.3, -0.25) is 9.59 Å². The van der Waals surface area contributed by atoms with E-state index in [1.807, 2.05) is 36.3 Å². The summed E-state index contributed by atoms with van der Waals surface area (Å²) >= 11 is 1.40. The molecule has 1 aliphatic heterocycles. The van der Waals surface area contributed by atoms with Crippen LogP contribution in [0, 0.1) is 6.92 Å². The van der Waals surface area contributed by atoms with Crippen molar-refractivity contribution >= 4 is 23.4 Å². The summed E-state index contributed by atoms with van der Waals surface area (Å²) in [5, 5.41) is 0.606. The van der Waals surface area contributed by atoms with Crippen molar-refractivity contribution in [1.82, 2.24) is 9.97 Å². The van der Waals surface area contributed by atoms with Gasteiger partial charge in [-0.1, -0.05) is 30.0 Å². The Morgan fingerprint density at radius 2 is 2.17 bits per heavy atom. The first-order chi connectivity index (χ1) is 11.5. The van der Waals surface area contributed by atoms with Gasteiger partial charge in [0.05, 0.1) is 0 Å². The van der Waals surface area contributed by atoms with Gasteiger partial charge in [-0.15, -0.1) is 0 Å². The molecule has 0 saturated carbocycles. The van der Waals surface area contributed by atoms with Crippen molar-refractivity contribution in [3.8, 4) is 0 Å². The Labute approximate surface area is 145 Å². The second kappa shape index (κ2) is 6.81. The molecule has 0 aliphatic carbocycles. The summed E-state index contributed by atoms with van der Waals surface area (Å²) in [5.74, 6) is 0.0557. The predicted octanol–water partition coefficient (Wildman–Crippen LogP) is 2.71. The average molecular weight is 343 g/mol. The molecule has 0 fully saturated rings. The van der Waals surface area contributed by atoms with Crippen LogP contribution in [0.3, 0.4) is 0 Å². The smallest absolute Gasteiger partial charge is 0.254 e. The molecule has 0 bridgehead atoms. The molecular formula is C18H21N3O2S. The van der Waals surface area contributed by atoms with Crippen molar-refractivity contribution in [3.05, 3.63) is 51.4 Å². The number of benzene rings is 1. The SMILES string of the molecule is CSc1nc(C)c(CCC(=O)N2c3ccccc3CC2C)c(=O)[nH]1. The van der Waals surface area contributed by atoms with E-state index < -0.39 is 0 Å². The summed E-state index contributed by atoms with van der Waals surface area (Å²) in [6, 6.07) is 8.17. The van der Waals surface area contributed by atoms with Gasteiger partial charge in [-0.2, -0.15) is 0 Å². The molecule has 1 amide bonds. The molecule has 1 aromatic carbocycles. The molecule has 1 N–H and O–H groups in total. The summed E-state index contributed by atoms with van der Waals surface area (Å²) in [6.07, 6.45) is 3.47. The number of carbonyl (C=O) groups excluding carboxylic acids is 1. The molecule has 6 heteroatoms. The minimum Gasteiger partial charge on any atom is -0.309 e. The van der Waals surface area contributed by atoms with Crippen molar-refractivity contribution in [2.24, 2.45) is 0 Å². The van der Waals surface area contributed by atoms with E-state index in [0.29, 0.717) is 29.3 Å². The number of rotatable bonds is 4. The van der Waals surface area contributed by atoms with Gasteiger partial charge < -0.3 is 9.88 Å². The Kier molecular flexibility index (Phi) is 4.76. The molecule has 1 unspecified atom stereocenters. The van der Waals surface area contributed by atoms with Crippen molar-refractivity contribution in [2.75, 3.05) is 11.2 Å². The molecule has 2 heterocycles. The number of carbonyl (C=O) groups is 1. The minimum absolute atomic E-state index is 0.0557. The molecule has 126 valence electrons. The molecule has 3 rings (SSSR count). The van der Waals surface area contributed by atoms with Gasteiger partial charge in [0.25, 0.3) is 5.56 Å². The first-order valence-electron chi connectivity index (χ1n) is 8.05. The molecule has 24 heavy (non-hydrogen) atoms. The highest BCUT2D eigenvalue weighted by molar-refractivity contribution is 7.98. The third-order valence-corrected chi connectivity index (χ3v) is 5.04. The molecular weight excluding hydrogens is 322 g/mol. The summed E-state index contributed by atoms with van der Waals surface area (Å²) in [5.41, 5.74) is 3.36. The van der Waals surface area contributed by atoms with Gasteiger partial charge in [0.2, 0.25) is 5.91 Å². The molecule has 1 aliphatic rings. The van der Waals surface area contributed by atoms with Crippen LogP contribution in [0.25, 0.3) is 0 Å². The molecule has 2 aromatic rings. The first kappa shape index (κ1) is 16.8. The van der Waals surface area contributed by atoms with Gasteiger partial charge in [-0.25, -0.2) is 4.98 Å². The van der Waals surface area contributed by atoms with E-state index >= 15 is 0 Å². The Hall–Kier alpha value is -2.08. The zero-order valence-electron chi connectivity index (χ0n) is 14.1. The van der Waals surface area contributed by atoms with Crippen LogP contribution in [-0.4, -0.2) is 28.2 Å². The number of hydrogen-bond acceptors (Lipinski definition) is 4. The monoisotopic (exact) mass is 343 g/mol. The molecule has 1 atom stereocenters. The lowest BCUT2D eigenvalue weighted by molar-refractivity contribution is -0.118. The fourth-order valence-electron chi connectivity index (χ4n) is 3.27. The number of hydrogen-bond donors (Lipinski definition) is 1. The van der Waals surface area contributed by atoms with Gasteiger partial charge in [0.15, 0.2) is 5.16 Å². The number of nitrogens with one attached hydrogen (secondary N) is 1. The average Bonchev–Trinajstić information content (AvgIpc) is 2.89. The van der Waals surface area contributed by atoms with E-state index in [1.54, 1.807) is 0 Å². The van der Waals surface area contributed by atoms with Crippen LogP contribution >= 0.6 is 11.8 Å². The summed E-state index contributed by atoms with van der Waals surface area (Å²) in [4.78, 5) is 33.9. The summed E-state index contributed by atoms with van der Waals surface area (Å²) < 4.78 is 0. The van der Waals surface area contributed by atoms with Crippen LogP contribution in [0.5, 0.6) is 0 Å². The van der Waals surface area contributed by atoms with Crippen molar-refractivity contribution in [1.29, 1.82) is 0 Å². The number of thioether (sulfide) groups is 1. The van der Waals surface area contributed by atoms with E-state index in [1.165, 1.54) is 17.3 Å². The number of para-hydroxylation sites is 1. The minimum atomic E-state index is -0.144. The standard InChI is InChI=1S/C18H21N3O2S/c1-11-10-13-6-4-5-7-15(13)21(11)16(22)9-8-14-12(2)19-18(24-3)20-17(14)23/h4-7,11H,8-10H2,1-3H3,(H,19,20,23). The van der Waals surface area contributed by atoms with Crippen LogP contribution < -0.4 is 10.5 Å². The van der Waals surface area contributed by atoms with E-state index in [2.05, 4.69) is 23.0 Å². The van der Waals surface area contributed by atoms with Crippen LogP contribution in [-0.2, 0) is 17.6 Å². The zero-order chi connectivity index (χ0) is 17.3. The number of aromatic amines is 1. The number of nitrogens with zero attached hydrogens (tertiary/aromatic N) is 2.